The molecule has 2 aromatic carbocycles. The zero-order valence-corrected chi connectivity index (χ0v) is 13.9. The predicted octanol–water partition coefficient (Wildman–Crippen LogP) is 5.36. The first-order valence-electron chi connectivity index (χ1n) is 7.73. The molecule has 1 aliphatic rings. The molecule has 2 heteroatoms. The second-order valence-corrected chi connectivity index (χ2v) is 6.85. The van der Waals surface area contributed by atoms with E-state index in [2.05, 4.69) is 41.1 Å². The highest BCUT2D eigenvalue weighted by Crippen LogP contribution is 2.43. The van der Waals surface area contributed by atoms with Gasteiger partial charge in [0.25, 0.3) is 0 Å². The van der Waals surface area contributed by atoms with Crippen LogP contribution in [-0.4, -0.2) is 5.11 Å². The van der Waals surface area contributed by atoms with Crippen molar-refractivity contribution in [3.63, 3.8) is 0 Å². The van der Waals surface area contributed by atoms with Gasteiger partial charge in [0.2, 0.25) is 0 Å². The van der Waals surface area contributed by atoms with Crippen LogP contribution in [0, 0.1) is 0 Å². The SMILES string of the molecule is CCC(O)(c1cccc(Br)c1)c1ccccc1C1CCC1. The Morgan fingerprint density at radius 2 is 1.90 bits per heavy atom. The molecule has 0 spiro atoms. The van der Waals surface area contributed by atoms with Gasteiger partial charge in [-0.2, -0.15) is 0 Å². The lowest BCUT2D eigenvalue weighted by Gasteiger charge is -2.35. The Kier molecular flexibility index (Phi) is 4.19. The molecule has 1 N–H and O–H groups in total. The van der Waals surface area contributed by atoms with Crippen molar-refractivity contribution in [3.8, 4) is 0 Å². The Bertz CT molecular complexity index is 633. The first-order chi connectivity index (χ1) is 10.1. The molecular weight excluding hydrogens is 324 g/mol. The van der Waals surface area contributed by atoms with Crippen molar-refractivity contribution in [1.82, 2.24) is 0 Å². The normalized spacial score (nSPS) is 18.0. The Morgan fingerprint density at radius 3 is 2.52 bits per heavy atom. The van der Waals surface area contributed by atoms with E-state index in [9.17, 15) is 5.11 Å². The lowest BCUT2D eigenvalue weighted by molar-refractivity contribution is 0.0745. The van der Waals surface area contributed by atoms with Crippen LogP contribution in [0.15, 0.2) is 53.0 Å². The monoisotopic (exact) mass is 344 g/mol. The molecule has 1 aliphatic carbocycles. The summed E-state index contributed by atoms with van der Waals surface area (Å²) in [5, 5.41) is 11.4. The van der Waals surface area contributed by atoms with Gasteiger partial charge in [-0.3, -0.25) is 0 Å². The summed E-state index contributed by atoms with van der Waals surface area (Å²) < 4.78 is 1.01. The van der Waals surface area contributed by atoms with Crippen LogP contribution >= 0.6 is 15.9 Å². The van der Waals surface area contributed by atoms with E-state index in [0.29, 0.717) is 12.3 Å². The van der Waals surface area contributed by atoms with Crippen molar-refractivity contribution < 1.29 is 5.11 Å². The second kappa shape index (κ2) is 5.94. The van der Waals surface area contributed by atoms with E-state index in [4.69, 9.17) is 0 Å². The van der Waals surface area contributed by atoms with Gasteiger partial charge in [0.15, 0.2) is 0 Å². The zero-order chi connectivity index (χ0) is 14.9. The molecule has 0 saturated heterocycles. The van der Waals surface area contributed by atoms with Crippen LogP contribution in [0.5, 0.6) is 0 Å². The molecule has 0 radical (unpaired) electrons. The molecule has 1 atom stereocenters. The highest BCUT2D eigenvalue weighted by atomic mass is 79.9. The largest absolute Gasteiger partial charge is 0.380 e. The summed E-state index contributed by atoms with van der Waals surface area (Å²) in [6.45, 7) is 2.05. The van der Waals surface area contributed by atoms with Gasteiger partial charge in [0.1, 0.15) is 5.60 Å². The maximum Gasteiger partial charge on any atom is 0.115 e. The number of halogens is 1. The van der Waals surface area contributed by atoms with Crippen LogP contribution in [0.2, 0.25) is 0 Å². The second-order valence-electron chi connectivity index (χ2n) is 5.94. The summed E-state index contributed by atoms with van der Waals surface area (Å²) >= 11 is 3.52. The fourth-order valence-electron chi connectivity index (χ4n) is 3.24. The van der Waals surface area contributed by atoms with E-state index in [1.54, 1.807) is 0 Å². The maximum absolute atomic E-state index is 11.4. The van der Waals surface area contributed by atoms with Gasteiger partial charge in [0.05, 0.1) is 0 Å². The van der Waals surface area contributed by atoms with Gasteiger partial charge in [0, 0.05) is 4.47 Å². The van der Waals surface area contributed by atoms with E-state index in [1.807, 2.05) is 30.3 Å². The number of rotatable bonds is 4. The van der Waals surface area contributed by atoms with Crippen LogP contribution in [0.4, 0.5) is 0 Å². The Morgan fingerprint density at radius 1 is 1.14 bits per heavy atom. The van der Waals surface area contributed by atoms with Crippen LogP contribution < -0.4 is 0 Å². The molecular formula is C19H21BrO. The summed E-state index contributed by atoms with van der Waals surface area (Å²) in [7, 11) is 0. The van der Waals surface area contributed by atoms with Crippen molar-refractivity contribution in [2.24, 2.45) is 0 Å². The highest BCUT2D eigenvalue weighted by Gasteiger charge is 2.34. The third-order valence-electron chi connectivity index (χ3n) is 4.77. The number of hydrogen-bond donors (Lipinski definition) is 1. The smallest absolute Gasteiger partial charge is 0.115 e. The lowest BCUT2D eigenvalue weighted by Crippen LogP contribution is -2.29. The van der Waals surface area contributed by atoms with Crippen LogP contribution in [0.1, 0.15) is 55.2 Å². The molecule has 0 heterocycles. The minimum Gasteiger partial charge on any atom is -0.380 e. The molecule has 0 amide bonds. The van der Waals surface area contributed by atoms with E-state index < -0.39 is 5.60 Å². The standard InChI is InChI=1S/C19H21BrO/c1-2-19(21,15-9-6-10-16(20)13-15)18-12-4-3-11-17(18)14-7-5-8-14/h3-4,6,9-14,21H,2,5,7-8H2,1H3. The molecule has 0 aromatic heterocycles. The number of aliphatic hydroxyl groups is 1. The fourth-order valence-corrected chi connectivity index (χ4v) is 3.64. The zero-order valence-electron chi connectivity index (χ0n) is 12.3. The molecule has 1 saturated carbocycles. The molecule has 0 bridgehead atoms. The Hall–Kier alpha value is -1.12. The van der Waals surface area contributed by atoms with E-state index in [-0.39, 0.29) is 0 Å². The molecule has 1 fully saturated rings. The predicted molar refractivity (Wildman–Crippen MR) is 90.5 cm³/mol. The molecule has 1 nitrogen and oxygen atoms in total. The van der Waals surface area contributed by atoms with E-state index >= 15 is 0 Å². The Balaban J connectivity index is 2.11. The third-order valence-corrected chi connectivity index (χ3v) is 5.26. The summed E-state index contributed by atoms with van der Waals surface area (Å²) in [6, 6.07) is 16.5. The molecule has 110 valence electrons. The average Bonchev–Trinajstić information content (AvgIpc) is 2.45. The quantitative estimate of drug-likeness (QED) is 0.791. The third kappa shape index (κ3) is 2.67. The van der Waals surface area contributed by atoms with Crippen molar-refractivity contribution in [1.29, 1.82) is 0 Å². The van der Waals surface area contributed by atoms with Crippen LogP contribution in [0.3, 0.4) is 0 Å². The summed E-state index contributed by atoms with van der Waals surface area (Å²) in [5.74, 6) is 0.617. The molecule has 0 aliphatic heterocycles. The fraction of sp³-hybridized carbons (Fsp3) is 0.368. The summed E-state index contributed by atoms with van der Waals surface area (Å²) in [4.78, 5) is 0. The first-order valence-corrected chi connectivity index (χ1v) is 8.52. The van der Waals surface area contributed by atoms with Crippen LogP contribution in [-0.2, 0) is 5.60 Å². The van der Waals surface area contributed by atoms with Gasteiger partial charge in [-0.1, -0.05) is 65.7 Å². The van der Waals surface area contributed by atoms with Crippen molar-refractivity contribution >= 4 is 15.9 Å². The summed E-state index contributed by atoms with van der Waals surface area (Å²) in [6.07, 6.45) is 4.47. The Labute approximate surface area is 135 Å². The van der Waals surface area contributed by atoms with Crippen LogP contribution in [0.25, 0.3) is 0 Å². The lowest BCUT2D eigenvalue weighted by atomic mass is 9.73. The first kappa shape index (κ1) is 14.8. The van der Waals surface area contributed by atoms with Gasteiger partial charge in [-0.25, -0.2) is 0 Å². The average molecular weight is 345 g/mol. The van der Waals surface area contributed by atoms with Gasteiger partial charge >= 0.3 is 0 Å². The van der Waals surface area contributed by atoms with E-state index in [1.165, 1.54) is 24.8 Å². The van der Waals surface area contributed by atoms with Crippen molar-refractivity contribution in [2.45, 2.75) is 44.1 Å². The van der Waals surface area contributed by atoms with Gasteiger partial charge in [-0.15, -0.1) is 0 Å². The minimum absolute atomic E-state index is 0.617. The number of hydrogen-bond acceptors (Lipinski definition) is 1. The number of benzene rings is 2. The summed E-state index contributed by atoms with van der Waals surface area (Å²) in [5.41, 5.74) is 2.46. The van der Waals surface area contributed by atoms with E-state index in [0.717, 1.165) is 15.6 Å². The maximum atomic E-state index is 11.4. The van der Waals surface area contributed by atoms with Gasteiger partial charge < -0.3 is 5.11 Å². The van der Waals surface area contributed by atoms with Crippen molar-refractivity contribution in [2.75, 3.05) is 0 Å². The van der Waals surface area contributed by atoms with Crippen molar-refractivity contribution in [3.05, 3.63) is 69.7 Å². The van der Waals surface area contributed by atoms with Gasteiger partial charge in [-0.05, 0) is 54.0 Å². The molecule has 2 aromatic rings. The molecule has 1 unspecified atom stereocenters. The molecule has 3 rings (SSSR count). The minimum atomic E-state index is -0.907. The highest BCUT2D eigenvalue weighted by molar-refractivity contribution is 9.10. The topological polar surface area (TPSA) is 20.2 Å². The molecule has 21 heavy (non-hydrogen) atoms.